The summed E-state index contributed by atoms with van der Waals surface area (Å²) in [6.45, 7) is 0. The van der Waals surface area contributed by atoms with E-state index in [1.165, 1.54) is 12.1 Å². The van der Waals surface area contributed by atoms with E-state index in [2.05, 4.69) is 0 Å². The molecule has 2 nitrogen and oxygen atoms in total. The molecule has 3 aromatic carbocycles. The fourth-order valence-corrected chi connectivity index (χ4v) is 3.38. The maximum Gasteiger partial charge on any atom is 0.416 e. The molecule has 1 aliphatic rings. The van der Waals surface area contributed by atoms with Gasteiger partial charge >= 0.3 is 6.18 Å². The van der Waals surface area contributed by atoms with Gasteiger partial charge in [0.25, 0.3) is 0 Å². The predicted octanol–water partition coefficient (Wildman–Crippen LogP) is 5.84. The van der Waals surface area contributed by atoms with Crippen molar-refractivity contribution in [1.29, 1.82) is 0 Å². The summed E-state index contributed by atoms with van der Waals surface area (Å²) in [5.74, 6) is 0. The molecular weight excluding hydrogens is 363 g/mol. The van der Waals surface area contributed by atoms with Gasteiger partial charge in [0.05, 0.1) is 11.1 Å². The monoisotopic (exact) mass is 379 g/mol. The van der Waals surface area contributed by atoms with E-state index in [4.69, 9.17) is 0 Å². The molecule has 0 amide bonds. The number of hydrogen-bond donors (Lipinski definition) is 0. The average Bonchev–Trinajstić information content (AvgIpc) is 2.69. The van der Waals surface area contributed by atoms with E-state index in [1.807, 2.05) is 66.7 Å². The van der Waals surface area contributed by atoms with E-state index in [0.29, 0.717) is 11.3 Å². The zero-order chi connectivity index (χ0) is 19.7. The van der Waals surface area contributed by atoms with Crippen LogP contribution in [0.1, 0.15) is 28.3 Å². The minimum atomic E-state index is -4.41. The molecule has 4 rings (SSSR count). The van der Waals surface area contributed by atoms with E-state index in [9.17, 15) is 18.4 Å². The van der Waals surface area contributed by atoms with Gasteiger partial charge in [-0.15, -0.1) is 0 Å². The van der Waals surface area contributed by atoms with Gasteiger partial charge in [-0.05, 0) is 35.9 Å². The second kappa shape index (κ2) is 7.00. The molecule has 0 fully saturated rings. The van der Waals surface area contributed by atoms with Gasteiger partial charge in [-0.3, -0.25) is 0 Å². The molecule has 0 saturated carbocycles. The highest BCUT2D eigenvalue weighted by atomic mass is 19.4. The number of alkyl halides is 3. The molecule has 0 radical (unpaired) electrons. The van der Waals surface area contributed by atoms with Crippen LogP contribution < -0.4 is 0 Å². The highest BCUT2D eigenvalue weighted by molar-refractivity contribution is 6.15. The highest BCUT2D eigenvalue weighted by Gasteiger charge is 2.43. The summed E-state index contributed by atoms with van der Waals surface area (Å²) in [6, 6.07) is 23.1. The molecule has 1 atom stereocenters. The normalized spacial score (nSPS) is 18.2. The van der Waals surface area contributed by atoms with Crippen molar-refractivity contribution < 1.29 is 17.9 Å². The maximum absolute atomic E-state index is 12.9. The zero-order valence-electron chi connectivity index (χ0n) is 14.7. The Balaban J connectivity index is 1.80. The zero-order valence-corrected chi connectivity index (χ0v) is 14.7. The molecule has 0 spiro atoms. The van der Waals surface area contributed by atoms with Crippen LogP contribution in [0, 0.1) is 5.21 Å². The summed E-state index contributed by atoms with van der Waals surface area (Å²) in [4.78, 5) is 0. The van der Waals surface area contributed by atoms with Crippen LogP contribution in [0.3, 0.4) is 0 Å². The van der Waals surface area contributed by atoms with E-state index in [0.717, 1.165) is 33.6 Å². The van der Waals surface area contributed by atoms with Crippen molar-refractivity contribution in [1.82, 2.24) is 0 Å². The minimum absolute atomic E-state index is 0.395. The van der Waals surface area contributed by atoms with Gasteiger partial charge in [-0.25, -0.2) is 0 Å². The number of hydroxylamine groups is 1. The van der Waals surface area contributed by atoms with Crippen LogP contribution in [0.25, 0.3) is 6.08 Å². The third kappa shape index (κ3) is 3.31. The molecule has 5 heteroatoms. The fourth-order valence-electron chi connectivity index (χ4n) is 3.38. The molecule has 3 aromatic rings. The Morgan fingerprint density at radius 2 is 1.36 bits per heavy atom. The van der Waals surface area contributed by atoms with E-state index in [-0.39, 0.29) is 0 Å². The van der Waals surface area contributed by atoms with Crippen LogP contribution in [0.5, 0.6) is 0 Å². The molecule has 140 valence electrons. The van der Waals surface area contributed by atoms with Crippen LogP contribution in [0.2, 0.25) is 0 Å². The molecule has 0 aliphatic carbocycles. The molecule has 0 aromatic heterocycles. The number of hydrogen-bond acceptors (Lipinski definition) is 1. The maximum atomic E-state index is 12.9. The van der Waals surface area contributed by atoms with Crippen LogP contribution in [0.4, 0.5) is 13.2 Å². The standard InChI is InChI=1S/C23H16F3NO/c24-23(25,26)19-13-11-18(12-14-19)22-20(15-16-7-3-1-4-8-16)21(27(22)28)17-9-5-2-6-10-17/h1-15,21H/b20-15+. The van der Waals surface area contributed by atoms with Crippen molar-refractivity contribution in [3.8, 4) is 0 Å². The molecule has 0 saturated heterocycles. The van der Waals surface area contributed by atoms with Crippen molar-refractivity contribution in [2.75, 3.05) is 0 Å². The van der Waals surface area contributed by atoms with Crippen molar-refractivity contribution >= 4 is 11.8 Å². The summed E-state index contributed by atoms with van der Waals surface area (Å²) < 4.78 is 39.4. The third-order valence-corrected chi connectivity index (χ3v) is 4.75. The SMILES string of the molecule is [O-][N+]1=C(c2ccc(C(F)(F)F)cc2)/C(=C/c2ccccc2)C1c1ccccc1. The summed E-state index contributed by atoms with van der Waals surface area (Å²) in [6.07, 6.45) is -2.49. The lowest BCUT2D eigenvalue weighted by Crippen LogP contribution is -2.38. The Labute approximate surface area is 160 Å². The van der Waals surface area contributed by atoms with Gasteiger partial charge in [-0.1, -0.05) is 60.7 Å². The van der Waals surface area contributed by atoms with Crippen LogP contribution in [-0.2, 0) is 6.18 Å². The molecule has 0 bridgehead atoms. The predicted molar refractivity (Wildman–Crippen MR) is 103 cm³/mol. The van der Waals surface area contributed by atoms with E-state index < -0.39 is 17.8 Å². The Kier molecular flexibility index (Phi) is 4.51. The summed E-state index contributed by atoms with van der Waals surface area (Å²) in [5, 5.41) is 12.9. The van der Waals surface area contributed by atoms with Gasteiger partial charge in [0.2, 0.25) is 11.8 Å². The first kappa shape index (κ1) is 18.0. The largest absolute Gasteiger partial charge is 0.623 e. The molecule has 28 heavy (non-hydrogen) atoms. The van der Waals surface area contributed by atoms with Gasteiger partial charge in [0.15, 0.2) is 0 Å². The minimum Gasteiger partial charge on any atom is -0.623 e. The van der Waals surface area contributed by atoms with Gasteiger partial charge in [0.1, 0.15) is 0 Å². The number of nitrogens with zero attached hydrogens (tertiary/aromatic N) is 1. The first-order chi connectivity index (χ1) is 13.4. The Morgan fingerprint density at radius 1 is 0.786 bits per heavy atom. The Bertz CT molecular complexity index is 1040. The number of rotatable bonds is 3. The molecule has 1 aliphatic heterocycles. The van der Waals surface area contributed by atoms with Gasteiger partial charge in [0, 0.05) is 11.1 Å². The van der Waals surface area contributed by atoms with Gasteiger partial charge < -0.3 is 5.21 Å². The van der Waals surface area contributed by atoms with Crippen molar-refractivity contribution in [2.24, 2.45) is 0 Å². The van der Waals surface area contributed by atoms with Crippen LogP contribution in [0.15, 0.2) is 90.5 Å². The lowest BCUT2D eigenvalue weighted by molar-refractivity contribution is -0.516. The molecular formula is C23H16F3NO. The molecule has 1 heterocycles. The molecule has 0 N–H and O–H groups in total. The highest BCUT2D eigenvalue weighted by Crippen LogP contribution is 2.38. The first-order valence-electron chi connectivity index (χ1n) is 8.78. The molecule has 1 unspecified atom stereocenters. The van der Waals surface area contributed by atoms with Crippen LogP contribution in [-0.4, -0.2) is 10.5 Å². The number of benzene rings is 3. The van der Waals surface area contributed by atoms with Crippen molar-refractivity contribution in [3.05, 3.63) is 118 Å². The van der Waals surface area contributed by atoms with E-state index in [1.54, 1.807) is 0 Å². The lowest BCUT2D eigenvalue weighted by Gasteiger charge is -2.31. The average molecular weight is 379 g/mol. The first-order valence-corrected chi connectivity index (χ1v) is 8.78. The van der Waals surface area contributed by atoms with E-state index >= 15 is 0 Å². The lowest BCUT2D eigenvalue weighted by atomic mass is 9.84. The second-order valence-electron chi connectivity index (χ2n) is 6.57. The quantitative estimate of drug-likeness (QED) is 0.414. The topological polar surface area (TPSA) is 26.1 Å². The Hall–Kier alpha value is -3.34. The number of halogens is 3. The second-order valence-corrected chi connectivity index (χ2v) is 6.57. The fraction of sp³-hybridized carbons (Fsp3) is 0.0870. The summed E-state index contributed by atoms with van der Waals surface area (Å²) in [7, 11) is 0. The van der Waals surface area contributed by atoms with Crippen molar-refractivity contribution in [2.45, 2.75) is 12.2 Å². The summed E-state index contributed by atoms with van der Waals surface area (Å²) >= 11 is 0. The van der Waals surface area contributed by atoms with Crippen LogP contribution >= 0.6 is 0 Å². The van der Waals surface area contributed by atoms with Gasteiger partial charge in [-0.2, -0.15) is 17.9 Å². The smallest absolute Gasteiger partial charge is 0.416 e. The summed E-state index contributed by atoms with van der Waals surface area (Å²) in [5.41, 5.74) is 2.68. The Morgan fingerprint density at radius 3 is 1.93 bits per heavy atom. The third-order valence-electron chi connectivity index (χ3n) is 4.75. The van der Waals surface area contributed by atoms with Crippen molar-refractivity contribution in [3.63, 3.8) is 0 Å².